The van der Waals surface area contributed by atoms with Gasteiger partial charge in [0.25, 0.3) is 0 Å². The zero-order valence-electron chi connectivity index (χ0n) is 21.5. The number of nitrogens with zero attached hydrogens (tertiary/aromatic N) is 1. The van der Waals surface area contributed by atoms with Crippen molar-refractivity contribution in [2.75, 3.05) is 13.1 Å². The fraction of sp³-hybridized carbons (Fsp3) is 0.344. The van der Waals surface area contributed by atoms with Crippen molar-refractivity contribution in [1.29, 1.82) is 0 Å². The molecule has 3 aromatic carbocycles. The number of benzene rings is 3. The van der Waals surface area contributed by atoms with Crippen LogP contribution in [0, 0.1) is 25.7 Å². The lowest BCUT2D eigenvalue weighted by Gasteiger charge is -2.50. The van der Waals surface area contributed by atoms with Crippen LogP contribution in [-0.2, 0) is 4.79 Å². The number of aryl methyl sites for hydroxylation is 2. The molecule has 0 aromatic heterocycles. The van der Waals surface area contributed by atoms with Gasteiger partial charge in [-0.15, -0.1) is 0 Å². The Morgan fingerprint density at radius 1 is 0.824 bits per heavy atom. The number of hydrogen-bond acceptors (Lipinski definition) is 2. The molecule has 0 amide bonds. The van der Waals surface area contributed by atoms with Gasteiger partial charge < -0.3 is 0 Å². The van der Waals surface area contributed by atoms with Gasteiger partial charge in [-0.05, 0) is 71.3 Å². The topological polar surface area (TPSA) is 20.3 Å². The van der Waals surface area contributed by atoms with Gasteiger partial charge in [0, 0.05) is 29.6 Å². The van der Waals surface area contributed by atoms with Gasteiger partial charge in [-0.25, -0.2) is 0 Å². The number of Topliss-reactive ketones (excluding diaryl/α,β-unsaturated/α-hetero) is 1. The van der Waals surface area contributed by atoms with Gasteiger partial charge in [0.15, 0.2) is 0 Å². The molecule has 0 saturated carbocycles. The summed E-state index contributed by atoms with van der Waals surface area (Å²) in [5.74, 6) is 6.54. The van der Waals surface area contributed by atoms with Crippen molar-refractivity contribution in [3.63, 3.8) is 0 Å². The average Bonchev–Trinajstić information content (AvgIpc) is 2.84. The Hall–Kier alpha value is -3.15. The van der Waals surface area contributed by atoms with Crippen LogP contribution in [0.15, 0.2) is 84.9 Å². The molecule has 0 N–H and O–H groups in total. The molecule has 0 aliphatic carbocycles. The van der Waals surface area contributed by atoms with Crippen molar-refractivity contribution in [2.24, 2.45) is 0 Å². The van der Waals surface area contributed by atoms with Gasteiger partial charge in [0.1, 0.15) is 5.78 Å². The summed E-state index contributed by atoms with van der Waals surface area (Å²) < 4.78 is 0. The van der Waals surface area contributed by atoms with Crippen LogP contribution in [0.2, 0.25) is 0 Å². The minimum atomic E-state index is 0.196. The van der Waals surface area contributed by atoms with E-state index < -0.39 is 0 Å². The lowest BCUT2D eigenvalue weighted by Crippen LogP contribution is -2.58. The van der Waals surface area contributed by atoms with Crippen molar-refractivity contribution in [2.45, 2.75) is 59.4 Å². The van der Waals surface area contributed by atoms with E-state index in [0.717, 1.165) is 24.1 Å². The fourth-order valence-corrected chi connectivity index (χ4v) is 3.86. The van der Waals surface area contributed by atoms with Crippen LogP contribution in [-0.4, -0.2) is 29.3 Å². The molecule has 178 valence electrons. The van der Waals surface area contributed by atoms with E-state index in [4.69, 9.17) is 0 Å². The van der Waals surface area contributed by atoms with Crippen LogP contribution in [0.5, 0.6) is 0 Å². The summed E-state index contributed by atoms with van der Waals surface area (Å²) in [6.07, 6.45) is 3.10. The fourth-order valence-electron chi connectivity index (χ4n) is 3.86. The van der Waals surface area contributed by atoms with E-state index in [1.54, 1.807) is 6.92 Å². The van der Waals surface area contributed by atoms with Crippen molar-refractivity contribution in [3.05, 3.63) is 107 Å². The molecule has 3 aromatic rings. The number of carbonyl (C=O) groups is 1. The predicted octanol–water partition coefficient (Wildman–Crippen LogP) is 7.23. The monoisotopic (exact) mass is 453 g/mol. The molecule has 0 spiro atoms. The minimum absolute atomic E-state index is 0.196. The van der Waals surface area contributed by atoms with Crippen LogP contribution < -0.4 is 0 Å². The number of carbonyl (C=O) groups excluding carboxylic acids is 1. The van der Waals surface area contributed by atoms with Crippen molar-refractivity contribution in [3.8, 4) is 11.8 Å². The molecule has 2 nitrogen and oxygen atoms in total. The minimum Gasteiger partial charge on any atom is -0.300 e. The van der Waals surface area contributed by atoms with E-state index in [2.05, 4.69) is 68.7 Å². The SMILES string of the molecule is C(#Cc1ccccc1)c1ccccc1.CCCN1CC[C@]1(C)CC(C)=O.Cc1ccc(C)cc1. The second-order valence-corrected chi connectivity index (χ2v) is 9.25. The van der Waals surface area contributed by atoms with Gasteiger partial charge in [0.05, 0.1) is 0 Å². The van der Waals surface area contributed by atoms with E-state index in [9.17, 15) is 4.79 Å². The van der Waals surface area contributed by atoms with E-state index in [-0.39, 0.29) is 5.54 Å². The van der Waals surface area contributed by atoms with Gasteiger partial charge in [-0.2, -0.15) is 0 Å². The first-order valence-corrected chi connectivity index (χ1v) is 12.2. The van der Waals surface area contributed by atoms with Gasteiger partial charge in [0.2, 0.25) is 0 Å². The second kappa shape index (κ2) is 14.2. The zero-order chi connectivity index (χ0) is 24.8. The molecule has 4 rings (SSSR count). The molecule has 0 bridgehead atoms. The Kier molecular flexibility index (Phi) is 11.3. The zero-order valence-corrected chi connectivity index (χ0v) is 21.5. The molecule has 0 unspecified atom stereocenters. The number of hydrogen-bond donors (Lipinski definition) is 0. The summed E-state index contributed by atoms with van der Waals surface area (Å²) in [6.45, 7) is 12.6. The van der Waals surface area contributed by atoms with Crippen molar-refractivity contribution < 1.29 is 4.79 Å². The summed E-state index contributed by atoms with van der Waals surface area (Å²) in [5.41, 5.74) is 4.96. The lowest BCUT2D eigenvalue weighted by atomic mass is 9.82. The Bertz CT molecular complexity index is 980. The van der Waals surface area contributed by atoms with Gasteiger partial charge in [-0.3, -0.25) is 9.69 Å². The second-order valence-electron chi connectivity index (χ2n) is 9.25. The molecular weight excluding hydrogens is 414 g/mol. The number of likely N-dealkylation sites (tertiary alicyclic amines) is 1. The lowest BCUT2D eigenvalue weighted by molar-refractivity contribution is -0.122. The third kappa shape index (κ3) is 9.77. The number of rotatable bonds is 4. The highest BCUT2D eigenvalue weighted by Crippen LogP contribution is 2.33. The van der Waals surface area contributed by atoms with E-state index >= 15 is 0 Å². The summed E-state index contributed by atoms with van der Waals surface area (Å²) in [4.78, 5) is 13.4. The molecule has 0 radical (unpaired) electrons. The number of ketones is 1. The first-order valence-electron chi connectivity index (χ1n) is 12.2. The molecular formula is C32H39NO. The summed E-state index contributed by atoms with van der Waals surface area (Å²) in [7, 11) is 0. The summed E-state index contributed by atoms with van der Waals surface area (Å²) in [6, 6.07) is 28.5. The van der Waals surface area contributed by atoms with Crippen LogP contribution in [0.4, 0.5) is 0 Å². The Balaban J connectivity index is 0.000000187. The van der Waals surface area contributed by atoms with Crippen LogP contribution >= 0.6 is 0 Å². The summed E-state index contributed by atoms with van der Waals surface area (Å²) in [5, 5.41) is 0. The Morgan fingerprint density at radius 2 is 1.26 bits per heavy atom. The maximum absolute atomic E-state index is 11.0. The molecule has 1 aliphatic heterocycles. The van der Waals surface area contributed by atoms with E-state index in [1.165, 1.54) is 30.5 Å². The molecule has 1 saturated heterocycles. The predicted molar refractivity (Wildman–Crippen MR) is 145 cm³/mol. The third-order valence-corrected chi connectivity index (χ3v) is 5.92. The molecule has 34 heavy (non-hydrogen) atoms. The first-order chi connectivity index (χ1) is 16.3. The molecule has 1 heterocycles. The Morgan fingerprint density at radius 3 is 1.59 bits per heavy atom. The maximum atomic E-state index is 11.0. The molecule has 1 fully saturated rings. The molecule has 1 aliphatic rings. The Labute approximate surface area is 207 Å². The largest absolute Gasteiger partial charge is 0.300 e. The highest BCUT2D eigenvalue weighted by atomic mass is 16.1. The smallest absolute Gasteiger partial charge is 0.131 e. The van der Waals surface area contributed by atoms with Crippen LogP contribution in [0.1, 0.15) is 62.3 Å². The van der Waals surface area contributed by atoms with Gasteiger partial charge in [-0.1, -0.05) is 90.6 Å². The normalized spacial score (nSPS) is 16.4. The van der Waals surface area contributed by atoms with E-state index in [1.807, 2.05) is 60.7 Å². The van der Waals surface area contributed by atoms with E-state index in [0.29, 0.717) is 5.78 Å². The molecule has 2 heteroatoms. The van der Waals surface area contributed by atoms with Crippen molar-refractivity contribution in [1.82, 2.24) is 4.90 Å². The highest BCUT2D eigenvalue weighted by Gasteiger charge is 2.40. The first kappa shape index (κ1) is 27.1. The highest BCUT2D eigenvalue weighted by molar-refractivity contribution is 5.76. The molecule has 1 atom stereocenters. The average molecular weight is 454 g/mol. The third-order valence-electron chi connectivity index (χ3n) is 5.92. The summed E-state index contributed by atoms with van der Waals surface area (Å²) >= 11 is 0. The quantitative estimate of drug-likeness (QED) is 0.388. The standard InChI is InChI=1S/C14H10.C10H19NO.C8H10/c1-3-7-13(8-4-1)11-12-14-9-5-2-6-10-14;1-4-6-11-7-5-10(11,3)8-9(2)12;1-7-3-5-8(2)6-4-7/h1-10H;4-8H2,1-3H3;3-6H,1-2H3/t;10-;/m.1./s1. The van der Waals surface area contributed by atoms with Crippen LogP contribution in [0.3, 0.4) is 0 Å². The van der Waals surface area contributed by atoms with Gasteiger partial charge >= 0.3 is 0 Å². The maximum Gasteiger partial charge on any atom is 0.131 e. The van der Waals surface area contributed by atoms with Crippen molar-refractivity contribution >= 4 is 5.78 Å². The van der Waals surface area contributed by atoms with Crippen LogP contribution in [0.25, 0.3) is 0 Å².